The Labute approximate surface area is 235 Å². The van der Waals surface area contributed by atoms with Crippen LogP contribution in [0.5, 0.6) is 0 Å². The van der Waals surface area contributed by atoms with E-state index in [4.69, 9.17) is 103 Å². The van der Waals surface area contributed by atoms with Crippen LogP contribution < -0.4 is 0 Å². The molecule has 2 nitrogen and oxygen atoms in total. The Morgan fingerprint density at radius 3 is 0.938 bits per heavy atom. The second-order valence-electron chi connectivity index (χ2n) is 8.27. The minimum atomic E-state index is -1.12. The van der Waals surface area contributed by atoms with Crippen LogP contribution in [0.15, 0.2) is 0 Å². The molecule has 0 saturated carbocycles. The van der Waals surface area contributed by atoms with Crippen molar-refractivity contribution in [3.8, 4) is 0 Å². The van der Waals surface area contributed by atoms with Gasteiger partial charge in [-0.05, 0) is 51.4 Å². The van der Waals surface area contributed by atoms with Gasteiger partial charge in [-0.15, -0.1) is 0 Å². The van der Waals surface area contributed by atoms with Crippen molar-refractivity contribution in [2.45, 2.75) is 134 Å². The molecule has 0 aliphatic heterocycles. The van der Waals surface area contributed by atoms with Crippen LogP contribution in [0, 0.1) is 0 Å². The molecular formula is C22H38Cl8O2. The fourth-order valence-corrected chi connectivity index (χ4v) is 4.44. The van der Waals surface area contributed by atoms with E-state index in [-0.39, 0.29) is 0 Å². The van der Waals surface area contributed by atoms with Crippen molar-refractivity contribution >= 4 is 92.8 Å². The van der Waals surface area contributed by atoms with Crippen molar-refractivity contribution in [1.82, 2.24) is 0 Å². The maximum atomic E-state index is 6.15. The van der Waals surface area contributed by atoms with E-state index in [1.165, 1.54) is 25.7 Å². The molecule has 0 bridgehead atoms. The van der Waals surface area contributed by atoms with Crippen molar-refractivity contribution in [3.05, 3.63) is 0 Å². The van der Waals surface area contributed by atoms with Gasteiger partial charge in [-0.3, -0.25) is 0 Å². The van der Waals surface area contributed by atoms with Gasteiger partial charge in [-0.25, -0.2) is 9.78 Å². The third kappa shape index (κ3) is 28.5. The number of hydrogen-bond acceptors (Lipinski definition) is 2. The maximum Gasteiger partial charge on any atom is 0.190 e. The molecule has 0 aliphatic rings. The van der Waals surface area contributed by atoms with Gasteiger partial charge in [0.05, 0.1) is 0 Å². The summed E-state index contributed by atoms with van der Waals surface area (Å²) in [6.07, 6.45) is 18.1. The molecule has 0 aromatic heterocycles. The second-order valence-corrected chi connectivity index (χ2v) is 14.3. The molecule has 0 radical (unpaired) electrons. The SMILES string of the molecule is ClC(CCCCCCCCCC(Cl)(Cl)Cl)OOC(Cl)CCCCCCCCCC(Cl)(Cl)Cl. The molecule has 194 valence electrons. The van der Waals surface area contributed by atoms with Crippen LogP contribution in [0.25, 0.3) is 0 Å². The number of alkyl halides is 8. The van der Waals surface area contributed by atoms with E-state index in [9.17, 15) is 0 Å². The number of unbranched alkanes of at least 4 members (excludes halogenated alkanes) is 12. The summed E-state index contributed by atoms with van der Waals surface area (Å²) in [6.45, 7) is 0. The third-order valence-corrected chi connectivity index (χ3v) is 6.76. The van der Waals surface area contributed by atoms with Gasteiger partial charge in [-0.2, -0.15) is 0 Å². The van der Waals surface area contributed by atoms with Crippen molar-refractivity contribution in [1.29, 1.82) is 0 Å². The first-order chi connectivity index (χ1) is 15.0. The molecule has 32 heavy (non-hydrogen) atoms. The van der Waals surface area contributed by atoms with Crippen LogP contribution in [0.1, 0.15) is 116 Å². The summed E-state index contributed by atoms with van der Waals surface area (Å²) in [5.41, 5.74) is -0.929. The van der Waals surface area contributed by atoms with Crippen LogP contribution in [0.4, 0.5) is 0 Å². The normalized spacial score (nSPS) is 14.6. The van der Waals surface area contributed by atoms with Gasteiger partial charge in [0, 0.05) is 0 Å². The lowest BCUT2D eigenvalue weighted by Gasteiger charge is -2.14. The fourth-order valence-electron chi connectivity index (χ4n) is 3.25. The van der Waals surface area contributed by atoms with Crippen molar-refractivity contribution < 1.29 is 9.78 Å². The molecule has 0 aromatic rings. The van der Waals surface area contributed by atoms with Gasteiger partial charge in [0.15, 0.2) is 18.7 Å². The van der Waals surface area contributed by atoms with Crippen molar-refractivity contribution in [2.24, 2.45) is 0 Å². The third-order valence-electron chi connectivity index (χ3n) is 5.05. The van der Waals surface area contributed by atoms with Crippen LogP contribution in [0.2, 0.25) is 0 Å². The first kappa shape index (κ1) is 34.2. The maximum absolute atomic E-state index is 6.15. The molecule has 0 aliphatic carbocycles. The highest BCUT2D eigenvalue weighted by molar-refractivity contribution is 6.67. The molecule has 0 saturated heterocycles. The molecule has 0 fully saturated rings. The van der Waals surface area contributed by atoms with Crippen molar-refractivity contribution in [2.75, 3.05) is 0 Å². The summed E-state index contributed by atoms with van der Waals surface area (Å²) in [5, 5.41) is 0. The molecule has 10 heteroatoms. The Hall–Kier alpha value is 2.24. The molecule has 0 N–H and O–H groups in total. The van der Waals surface area contributed by atoms with Gasteiger partial charge >= 0.3 is 0 Å². The lowest BCUT2D eigenvalue weighted by atomic mass is 10.1. The summed E-state index contributed by atoms with van der Waals surface area (Å²) in [4.78, 5) is 10.4. The van der Waals surface area contributed by atoms with Gasteiger partial charge in [0.1, 0.15) is 0 Å². The molecule has 0 rings (SSSR count). The quantitative estimate of drug-likeness (QED) is 0.0552. The zero-order valence-electron chi connectivity index (χ0n) is 18.7. The van der Waals surface area contributed by atoms with Gasteiger partial charge in [0.25, 0.3) is 0 Å². The standard InChI is InChI=1S/C22H38Cl8O2/c23-19(15-11-7-3-1-5-9-13-17-21(25,26)27)31-32-20(24)16-12-8-4-2-6-10-14-18-22(28,29)30/h19-20H,1-18H2. The minimum Gasteiger partial charge on any atom is -0.216 e. The summed E-state index contributed by atoms with van der Waals surface area (Å²) in [5.74, 6) is 0. The minimum absolute atomic E-state index is 0.465. The predicted molar refractivity (Wildman–Crippen MR) is 145 cm³/mol. The Morgan fingerprint density at radius 2 is 0.656 bits per heavy atom. The van der Waals surface area contributed by atoms with Gasteiger partial charge in [0.2, 0.25) is 0 Å². The zero-order chi connectivity index (χ0) is 24.3. The first-order valence-corrected chi connectivity index (χ1v) is 14.9. The van der Waals surface area contributed by atoms with E-state index in [0.29, 0.717) is 12.8 Å². The molecular weight excluding hydrogens is 580 g/mol. The zero-order valence-corrected chi connectivity index (χ0v) is 24.8. The topological polar surface area (TPSA) is 18.5 Å². The summed E-state index contributed by atoms with van der Waals surface area (Å²) >= 11 is 46.7. The highest BCUT2D eigenvalue weighted by atomic mass is 35.6. The Morgan fingerprint density at radius 1 is 0.406 bits per heavy atom. The summed E-state index contributed by atoms with van der Waals surface area (Å²) in [6, 6.07) is 0. The predicted octanol–water partition coefficient (Wildman–Crippen LogP) is 11.8. The van der Waals surface area contributed by atoms with Gasteiger partial charge in [-0.1, -0.05) is 157 Å². The Balaban J connectivity index is 3.38. The van der Waals surface area contributed by atoms with E-state index in [1.807, 2.05) is 0 Å². The van der Waals surface area contributed by atoms with E-state index in [2.05, 4.69) is 0 Å². The molecule has 2 atom stereocenters. The lowest BCUT2D eigenvalue weighted by Crippen LogP contribution is -2.12. The smallest absolute Gasteiger partial charge is 0.190 e. The first-order valence-electron chi connectivity index (χ1n) is 11.7. The monoisotopic (exact) mass is 614 g/mol. The van der Waals surface area contributed by atoms with Crippen LogP contribution >= 0.6 is 92.8 Å². The molecule has 0 aromatic carbocycles. The van der Waals surface area contributed by atoms with E-state index in [0.717, 1.165) is 77.0 Å². The highest BCUT2D eigenvalue weighted by Gasteiger charge is 2.18. The summed E-state index contributed by atoms with van der Waals surface area (Å²) < 4.78 is -2.23. The van der Waals surface area contributed by atoms with E-state index >= 15 is 0 Å². The lowest BCUT2D eigenvalue weighted by molar-refractivity contribution is -0.319. The highest BCUT2D eigenvalue weighted by Crippen LogP contribution is 2.33. The van der Waals surface area contributed by atoms with E-state index in [1.54, 1.807) is 0 Å². The Bertz CT molecular complexity index is 378. The second kappa shape index (κ2) is 21.3. The fraction of sp³-hybridized carbons (Fsp3) is 1.00. The summed E-state index contributed by atoms with van der Waals surface area (Å²) in [7, 11) is 0. The molecule has 0 heterocycles. The van der Waals surface area contributed by atoms with Crippen LogP contribution in [0.3, 0.4) is 0 Å². The van der Waals surface area contributed by atoms with Crippen molar-refractivity contribution in [3.63, 3.8) is 0 Å². The molecule has 2 unspecified atom stereocenters. The average Bonchev–Trinajstić information content (AvgIpc) is 2.68. The molecule has 0 spiro atoms. The van der Waals surface area contributed by atoms with Crippen LogP contribution in [-0.2, 0) is 9.78 Å². The van der Waals surface area contributed by atoms with Gasteiger partial charge < -0.3 is 0 Å². The molecule has 0 amide bonds. The van der Waals surface area contributed by atoms with Crippen LogP contribution in [-0.4, -0.2) is 18.7 Å². The number of halogens is 8. The Kier molecular flexibility index (Phi) is 22.8. The number of hydrogen-bond donors (Lipinski definition) is 0. The largest absolute Gasteiger partial charge is 0.216 e. The van der Waals surface area contributed by atoms with E-state index < -0.39 is 18.7 Å². The average molecular weight is 618 g/mol. The number of rotatable bonds is 21.